The highest BCUT2D eigenvalue weighted by Crippen LogP contribution is 2.03. The Balaban J connectivity index is 2.57. The van der Waals surface area contributed by atoms with Gasteiger partial charge in [0.1, 0.15) is 12.6 Å². The minimum atomic E-state index is -1.10. The highest BCUT2D eigenvalue weighted by atomic mass is 16.4. The SMILES string of the molecule is C[C@@H](NC(=O)N1CCCN(C)C(=O)C1)C(=O)O. The van der Waals surface area contributed by atoms with E-state index < -0.39 is 18.0 Å². The van der Waals surface area contributed by atoms with Crippen LogP contribution in [-0.4, -0.2) is 65.5 Å². The summed E-state index contributed by atoms with van der Waals surface area (Å²) in [5.41, 5.74) is 0. The Bertz CT molecular complexity index is 332. The number of likely N-dealkylation sites (N-methyl/N-ethyl adjacent to an activating group) is 1. The predicted molar refractivity (Wildman–Crippen MR) is 59.5 cm³/mol. The first-order chi connectivity index (χ1) is 7.91. The summed E-state index contributed by atoms with van der Waals surface area (Å²) in [5.74, 6) is -1.24. The zero-order chi connectivity index (χ0) is 13.0. The van der Waals surface area contributed by atoms with E-state index in [0.717, 1.165) is 0 Å². The van der Waals surface area contributed by atoms with Crippen LogP contribution in [0.25, 0.3) is 0 Å². The van der Waals surface area contributed by atoms with Crippen LogP contribution in [0.3, 0.4) is 0 Å². The lowest BCUT2D eigenvalue weighted by Crippen LogP contribution is -2.48. The maximum atomic E-state index is 11.7. The molecule has 0 aromatic rings. The van der Waals surface area contributed by atoms with E-state index in [1.807, 2.05) is 0 Å². The Hall–Kier alpha value is -1.79. The molecule has 1 heterocycles. The molecule has 0 saturated carbocycles. The van der Waals surface area contributed by atoms with E-state index in [-0.39, 0.29) is 12.5 Å². The molecule has 2 N–H and O–H groups in total. The highest BCUT2D eigenvalue weighted by molar-refractivity contribution is 5.86. The molecule has 0 spiro atoms. The number of hydrogen-bond donors (Lipinski definition) is 2. The number of aliphatic carboxylic acids is 1. The molecular formula is C10H17N3O4. The predicted octanol–water partition coefficient (Wildman–Crippen LogP) is -0.667. The van der Waals surface area contributed by atoms with E-state index in [9.17, 15) is 14.4 Å². The molecule has 1 aliphatic rings. The van der Waals surface area contributed by atoms with Crippen molar-refractivity contribution in [2.45, 2.75) is 19.4 Å². The molecule has 96 valence electrons. The van der Waals surface area contributed by atoms with Crippen molar-refractivity contribution in [1.29, 1.82) is 0 Å². The summed E-state index contributed by atoms with van der Waals surface area (Å²) in [6.07, 6.45) is 0.692. The van der Waals surface area contributed by atoms with Gasteiger partial charge in [0.2, 0.25) is 5.91 Å². The zero-order valence-corrected chi connectivity index (χ0v) is 9.97. The van der Waals surface area contributed by atoms with Gasteiger partial charge >= 0.3 is 12.0 Å². The van der Waals surface area contributed by atoms with Crippen LogP contribution in [-0.2, 0) is 9.59 Å². The minimum absolute atomic E-state index is 0.00529. The van der Waals surface area contributed by atoms with Gasteiger partial charge in [-0.25, -0.2) is 4.79 Å². The lowest BCUT2D eigenvalue weighted by molar-refractivity contribution is -0.138. The fourth-order valence-electron chi connectivity index (χ4n) is 1.50. The van der Waals surface area contributed by atoms with E-state index in [1.165, 1.54) is 11.8 Å². The van der Waals surface area contributed by atoms with Crippen LogP contribution in [0.2, 0.25) is 0 Å². The van der Waals surface area contributed by atoms with Crippen LogP contribution >= 0.6 is 0 Å². The van der Waals surface area contributed by atoms with Crippen molar-refractivity contribution in [3.8, 4) is 0 Å². The molecule has 0 aliphatic carbocycles. The maximum Gasteiger partial charge on any atom is 0.325 e. The average molecular weight is 243 g/mol. The molecule has 0 unspecified atom stereocenters. The van der Waals surface area contributed by atoms with Crippen LogP contribution < -0.4 is 5.32 Å². The first-order valence-corrected chi connectivity index (χ1v) is 5.44. The second kappa shape index (κ2) is 5.51. The lowest BCUT2D eigenvalue weighted by Gasteiger charge is -2.21. The fraction of sp³-hybridized carbons (Fsp3) is 0.700. The number of urea groups is 1. The molecule has 3 amide bonds. The van der Waals surface area contributed by atoms with E-state index >= 15 is 0 Å². The van der Waals surface area contributed by atoms with Crippen molar-refractivity contribution < 1.29 is 19.5 Å². The number of nitrogens with one attached hydrogen (secondary N) is 1. The smallest absolute Gasteiger partial charge is 0.325 e. The summed E-state index contributed by atoms with van der Waals surface area (Å²) in [5, 5.41) is 11.0. The van der Waals surface area contributed by atoms with Gasteiger partial charge in [0, 0.05) is 20.1 Å². The summed E-state index contributed by atoms with van der Waals surface area (Å²) >= 11 is 0. The Morgan fingerprint density at radius 3 is 2.65 bits per heavy atom. The first kappa shape index (κ1) is 13.3. The van der Waals surface area contributed by atoms with Gasteiger partial charge in [-0.05, 0) is 13.3 Å². The number of amides is 3. The van der Waals surface area contributed by atoms with Gasteiger partial charge in [-0.15, -0.1) is 0 Å². The summed E-state index contributed by atoms with van der Waals surface area (Å²) < 4.78 is 0. The molecule has 0 radical (unpaired) electrons. The molecular weight excluding hydrogens is 226 g/mol. The molecule has 1 saturated heterocycles. The van der Waals surface area contributed by atoms with Crippen LogP contribution in [0, 0.1) is 0 Å². The molecule has 7 nitrogen and oxygen atoms in total. The third-order valence-electron chi connectivity index (χ3n) is 2.67. The molecule has 0 aromatic carbocycles. The monoisotopic (exact) mass is 243 g/mol. The van der Waals surface area contributed by atoms with Crippen molar-refractivity contribution in [2.75, 3.05) is 26.7 Å². The van der Waals surface area contributed by atoms with E-state index in [2.05, 4.69) is 5.32 Å². The first-order valence-electron chi connectivity index (χ1n) is 5.44. The molecule has 0 aromatic heterocycles. The van der Waals surface area contributed by atoms with E-state index in [4.69, 9.17) is 5.11 Å². The highest BCUT2D eigenvalue weighted by Gasteiger charge is 2.24. The van der Waals surface area contributed by atoms with Crippen molar-refractivity contribution >= 4 is 17.9 Å². The fourth-order valence-corrected chi connectivity index (χ4v) is 1.50. The van der Waals surface area contributed by atoms with Crippen molar-refractivity contribution in [3.63, 3.8) is 0 Å². The van der Waals surface area contributed by atoms with E-state index in [0.29, 0.717) is 19.5 Å². The second-order valence-corrected chi connectivity index (χ2v) is 4.10. The van der Waals surface area contributed by atoms with Crippen LogP contribution in [0.4, 0.5) is 4.79 Å². The topological polar surface area (TPSA) is 90.0 Å². The quantitative estimate of drug-likeness (QED) is 0.673. The molecule has 0 bridgehead atoms. The number of carbonyl (C=O) groups is 3. The molecule has 1 fully saturated rings. The van der Waals surface area contributed by atoms with E-state index in [1.54, 1.807) is 11.9 Å². The van der Waals surface area contributed by atoms with Gasteiger partial charge in [-0.2, -0.15) is 0 Å². The van der Waals surface area contributed by atoms with Gasteiger partial charge in [0.25, 0.3) is 0 Å². The Morgan fingerprint density at radius 2 is 2.06 bits per heavy atom. The van der Waals surface area contributed by atoms with Gasteiger partial charge in [0.05, 0.1) is 0 Å². The van der Waals surface area contributed by atoms with Gasteiger partial charge < -0.3 is 20.2 Å². The number of carbonyl (C=O) groups excluding carboxylic acids is 2. The Morgan fingerprint density at radius 1 is 1.41 bits per heavy atom. The number of nitrogens with zero attached hydrogens (tertiary/aromatic N) is 2. The summed E-state index contributed by atoms with van der Waals surface area (Å²) in [7, 11) is 1.68. The van der Waals surface area contributed by atoms with Crippen LogP contribution in [0.1, 0.15) is 13.3 Å². The van der Waals surface area contributed by atoms with Crippen LogP contribution in [0.15, 0.2) is 0 Å². The van der Waals surface area contributed by atoms with Gasteiger partial charge in [0.15, 0.2) is 0 Å². The number of carboxylic acids is 1. The average Bonchev–Trinajstić information content (AvgIpc) is 2.41. The van der Waals surface area contributed by atoms with Crippen LogP contribution in [0.5, 0.6) is 0 Å². The minimum Gasteiger partial charge on any atom is -0.480 e. The largest absolute Gasteiger partial charge is 0.480 e. The van der Waals surface area contributed by atoms with Crippen molar-refractivity contribution in [1.82, 2.24) is 15.1 Å². The van der Waals surface area contributed by atoms with Gasteiger partial charge in [-0.3, -0.25) is 9.59 Å². The summed E-state index contributed by atoms with van der Waals surface area (Å²) in [4.78, 5) is 36.7. The normalized spacial score (nSPS) is 18.6. The van der Waals surface area contributed by atoms with Crippen molar-refractivity contribution in [2.24, 2.45) is 0 Å². The molecule has 1 aliphatic heterocycles. The standard InChI is InChI=1S/C10H17N3O4/c1-7(9(15)16)11-10(17)13-5-3-4-12(2)8(14)6-13/h7H,3-6H2,1-2H3,(H,11,17)(H,15,16)/t7-/m1/s1. The molecule has 17 heavy (non-hydrogen) atoms. The lowest BCUT2D eigenvalue weighted by atomic mass is 10.3. The maximum absolute atomic E-state index is 11.7. The third kappa shape index (κ3) is 3.61. The molecule has 1 rings (SSSR count). The Labute approximate surface area is 99.4 Å². The zero-order valence-electron chi connectivity index (χ0n) is 9.97. The van der Waals surface area contributed by atoms with Gasteiger partial charge in [-0.1, -0.05) is 0 Å². The number of carboxylic acid groups (broad SMARTS) is 1. The second-order valence-electron chi connectivity index (χ2n) is 4.10. The number of hydrogen-bond acceptors (Lipinski definition) is 3. The number of rotatable bonds is 2. The summed E-state index contributed by atoms with van der Waals surface area (Å²) in [6.45, 7) is 2.44. The molecule has 7 heteroatoms. The Kier molecular flexibility index (Phi) is 4.30. The van der Waals surface area contributed by atoms with Crippen molar-refractivity contribution in [3.05, 3.63) is 0 Å². The third-order valence-corrected chi connectivity index (χ3v) is 2.67. The summed E-state index contributed by atoms with van der Waals surface area (Å²) in [6, 6.07) is -1.47. The molecule has 1 atom stereocenters.